The standard InChI is InChI=1S/C15H20N2O2S2/c1-4-11(8-20-3)17-13-6-5-10(2)7-12(13)16-15(17)21-9-14(18)19/h5-7,11H,4,8-9H2,1-3H3,(H,18,19). The average Bonchev–Trinajstić information content (AvgIpc) is 2.79. The minimum absolute atomic E-state index is 0.0397. The van der Waals surface area contributed by atoms with Gasteiger partial charge in [-0.15, -0.1) is 0 Å². The zero-order chi connectivity index (χ0) is 15.4. The topological polar surface area (TPSA) is 55.1 Å². The summed E-state index contributed by atoms with van der Waals surface area (Å²) < 4.78 is 2.21. The first kappa shape index (κ1) is 16.2. The Bertz CT molecular complexity index is 640. The van der Waals surface area contributed by atoms with Gasteiger partial charge in [-0.25, -0.2) is 4.98 Å². The molecule has 4 nitrogen and oxygen atoms in total. The molecule has 1 atom stereocenters. The zero-order valence-electron chi connectivity index (χ0n) is 12.5. The zero-order valence-corrected chi connectivity index (χ0v) is 14.1. The highest BCUT2D eigenvalue weighted by molar-refractivity contribution is 7.99. The lowest BCUT2D eigenvalue weighted by molar-refractivity contribution is -0.133. The Morgan fingerprint density at radius 3 is 2.86 bits per heavy atom. The molecule has 1 N–H and O–H groups in total. The number of hydrogen-bond acceptors (Lipinski definition) is 4. The third-order valence-electron chi connectivity index (χ3n) is 3.33. The number of benzene rings is 1. The van der Waals surface area contributed by atoms with Gasteiger partial charge in [-0.1, -0.05) is 24.8 Å². The van der Waals surface area contributed by atoms with Gasteiger partial charge in [0.05, 0.1) is 16.8 Å². The van der Waals surface area contributed by atoms with Gasteiger partial charge < -0.3 is 9.67 Å². The quantitative estimate of drug-likeness (QED) is 0.784. The Kier molecular flexibility index (Phi) is 5.58. The SMILES string of the molecule is CCC(CSC)n1c(SCC(=O)O)nc2cc(C)ccc21. The highest BCUT2D eigenvalue weighted by atomic mass is 32.2. The van der Waals surface area contributed by atoms with Crippen LogP contribution in [0.2, 0.25) is 0 Å². The maximum absolute atomic E-state index is 10.9. The minimum Gasteiger partial charge on any atom is -0.481 e. The molecule has 1 heterocycles. The summed E-state index contributed by atoms with van der Waals surface area (Å²) in [6, 6.07) is 6.57. The van der Waals surface area contributed by atoms with Crippen molar-refractivity contribution in [3.05, 3.63) is 23.8 Å². The van der Waals surface area contributed by atoms with Gasteiger partial charge in [0.25, 0.3) is 0 Å². The van der Waals surface area contributed by atoms with Crippen molar-refractivity contribution < 1.29 is 9.90 Å². The van der Waals surface area contributed by atoms with E-state index in [0.29, 0.717) is 6.04 Å². The molecule has 0 bridgehead atoms. The third-order valence-corrected chi connectivity index (χ3v) is 4.99. The maximum atomic E-state index is 10.9. The first-order valence-corrected chi connectivity index (χ1v) is 9.26. The van der Waals surface area contributed by atoms with Gasteiger partial charge in [0.15, 0.2) is 5.16 Å². The molecule has 2 aromatic rings. The second-order valence-corrected chi connectivity index (χ2v) is 6.81. The van der Waals surface area contributed by atoms with E-state index in [1.807, 2.05) is 6.92 Å². The molecule has 0 amide bonds. The van der Waals surface area contributed by atoms with E-state index in [1.54, 1.807) is 11.8 Å². The largest absolute Gasteiger partial charge is 0.481 e. The second-order valence-electron chi connectivity index (χ2n) is 4.96. The lowest BCUT2D eigenvalue weighted by Gasteiger charge is -2.19. The number of aryl methyl sites for hydroxylation is 1. The predicted octanol–water partition coefficient (Wildman–Crippen LogP) is 3.84. The van der Waals surface area contributed by atoms with E-state index in [9.17, 15) is 4.79 Å². The highest BCUT2D eigenvalue weighted by Crippen LogP contribution is 2.31. The Morgan fingerprint density at radius 1 is 1.48 bits per heavy atom. The second kappa shape index (κ2) is 7.22. The number of fused-ring (bicyclic) bond motifs is 1. The van der Waals surface area contributed by atoms with Crippen LogP contribution in [0.3, 0.4) is 0 Å². The van der Waals surface area contributed by atoms with E-state index < -0.39 is 5.97 Å². The van der Waals surface area contributed by atoms with E-state index in [2.05, 4.69) is 40.9 Å². The molecule has 1 aromatic heterocycles. The molecule has 6 heteroatoms. The van der Waals surface area contributed by atoms with Gasteiger partial charge in [0.2, 0.25) is 0 Å². The number of carbonyl (C=O) groups is 1. The predicted molar refractivity (Wildman–Crippen MR) is 90.5 cm³/mol. The number of hydrogen-bond donors (Lipinski definition) is 1. The summed E-state index contributed by atoms with van der Waals surface area (Å²) in [4.78, 5) is 15.5. The lowest BCUT2D eigenvalue weighted by Crippen LogP contribution is -2.12. The van der Waals surface area contributed by atoms with Crippen molar-refractivity contribution >= 4 is 40.5 Å². The average molecular weight is 324 g/mol. The number of thioether (sulfide) groups is 2. The molecule has 2 rings (SSSR count). The Labute approximate surface area is 133 Å². The summed E-state index contributed by atoms with van der Waals surface area (Å²) in [6.07, 6.45) is 3.09. The number of aromatic nitrogens is 2. The van der Waals surface area contributed by atoms with Gasteiger partial charge in [0.1, 0.15) is 0 Å². The number of imidazole rings is 1. The van der Waals surface area contributed by atoms with E-state index in [-0.39, 0.29) is 5.75 Å². The first-order chi connectivity index (χ1) is 10.1. The molecule has 114 valence electrons. The summed E-state index contributed by atoms with van der Waals surface area (Å²) in [5, 5.41) is 9.73. The molecule has 0 aliphatic rings. The normalized spacial score (nSPS) is 12.7. The van der Waals surface area contributed by atoms with E-state index >= 15 is 0 Å². The van der Waals surface area contributed by atoms with Crippen molar-refractivity contribution in [2.24, 2.45) is 0 Å². The monoisotopic (exact) mass is 324 g/mol. The fourth-order valence-corrected chi connectivity index (χ4v) is 3.91. The Balaban J connectivity index is 2.50. The van der Waals surface area contributed by atoms with Crippen molar-refractivity contribution in [1.82, 2.24) is 9.55 Å². The van der Waals surface area contributed by atoms with Crippen LogP contribution in [-0.4, -0.2) is 38.4 Å². The summed E-state index contributed by atoms with van der Waals surface area (Å²) in [6.45, 7) is 4.20. The molecule has 0 saturated carbocycles. The van der Waals surface area contributed by atoms with Crippen LogP contribution in [0.15, 0.2) is 23.4 Å². The smallest absolute Gasteiger partial charge is 0.313 e. The highest BCUT2D eigenvalue weighted by Gasteiger charge is 2.18. The minimum atomic E-state index is -0.812. The molecule has 21 heavy (non-hydrogen) atoms. The molecule has 0 radical (unpaired) electrons. The molecular weight excluding hydrogens is 304 g/mol. The van der Waals surface area contributed by atoms with E-state index in [1.165, 1.54) is 17.3 Å². The summed E-state index contributed by atoms with van der Waals surface area (Å²) in [5.74, 6) is 0.224. The van der Waals surface area contributed by atoms with Crippen LogP contribution in [0.5, 0.6) is 0 Å². The van der Waals surface area contributed by atoms with Crippen LogP contribution in [0, 0.1) is 6.92 Å². The summed E-state index contributed by atoms with van der Waals surface area (Å²) in [7, 11) is 0. The third kappa shape index (κ3) is 3.74. The van der Waals surface area contributed by atoms with Gasteiger partial charge in [-0.2, -0.15) is 11.8 Å². The molecule has 0 aliphatic carbocycles. The van der Waals surface area contributed by atoms with Crippen molar-refractivity contribution in [1.29, 1.82) is 0 Å². The summed E-state index contributed by atoms with van der Waals surface area (Å²) >= 11 is 3.10. The molecule has 1 unspecified atom stereocenters. The number of aliphatic carboxylic acids is 1. The van der Waals surface area contributed by atoms with Gasteiger partial charge in [-0.05, 0) is 37.3 Å². The van der Waals surface area contributed by atoms with E-state index in [0.717, 1.165) is 28.4 Å². The maximum Gasteiger partial charge on any atom is 0.313 e. The van der Waals surface area contributed by atoms with Gasteiger partial charge in [0, 0.05) is 11.8 Å². The van der Waals surface area contributed by atoms with E-state index in [4.69, 9.17) is 5.11 Å². The van der Waals surface area contributed by atoms with Crippen LogP contribution in [0.1, 0.15) is 24.9 Å². The van der Waals surface area contributed by atoms with Crippen LogP contribution >= 0.6 is 23.5 Å². The lowest BCUT2D eigenvalue weighted by atomic mass is 10.2. The van der Waals surface area contributed by atoms with Crippen molar-refractivity contribution in [2.75, 3.05) is 17.8 Å². The number of carboxylic acid groups (broad SMARTS) is 1. The van der Waals surface area contributed by atoms with Crippen LogP contribution in [0.4, 0.5) is 0 Å². The van der Waals surface area contributed by atoms with Gasteiger partial charge in [-0.3, -0.25) is 4.79 Å². The van der Waals surface area contributed by atoms with Crippen molar-refractivity contribution in [2.45, 2.75) is 31.5 Å². The van der Waals surface area contributed by atoms with Gasteiger partial charge >= 0.3 is 5.97 Å². The van der Waals surface area contributed by atoms with Crippen LogP contribution in [0.25, 0.3) is 11.0 Å². The molecular formula is C15H20N2O2S2. The molecule has 0 spiro atoms. The molecule has 0 saturated heterocycles. The fourth-order valence-electron chi connectivity index (χ4n) is 2.34. The molecule has 0 fully saturated rings. The van der Waals surface area contributed by atoms with Crippen LogP contribution in [-0.2, 0) is 4.79 Å². The van der Waals surface area contributed by atoms with Crippen molar-refractivity contribution in [3.63, 3.8) is 0 Å². The van der Waals surface area contributed by atoms with Crippen molar-refractivity contribution in [3.8, 4) is 0 Å². The number of carboxylic acids is 1. The fraction of sp³-hybridized carbons (Fsp3) is 0.467. The number of rotatable bonds is 7. The Morgan fingerprint density at radius 2 is 2.24 bits per heavy atom. The molecule has 1 aromatic carbocycles. The Hall–Kier alpha value is -1.14. The summed E-state index contributed by atoms with van der Waals surface area (Å²) in [5.41, 5.74) is 3.21. The number of nitrogens with zero attached hydrogens (tertiary/aromatic N) is 2. The van der Waals surface area contributed by atoms with Crippen LogP contribution < -0.4 is 0 Å². The first-order valence-electron chi connectivity index (χ1n) is 6.89. The molecule has 0 aliphatic heterocycles.